The van der Waals surface area contributed by atoms with Crippen LogP contribution in [0, 0.1) is 0 Å². The number of nitrogens with one attached hydrogen (secondary N) is 1. The van der Waals surface area contributed by atoms with Crippen LogP contribution in [0.4, 0.5) is 23.0 Å². The Hall–Kier alpha value is -9.07. The van der Waals surface area contributed by atoms with Gasteiger partial charge in [-0.25, -0.2) is 0 Å². The van der Waals surface area contributed by atoms with Crippen LogP contribution in [0.15, 0.2) is 231 Å². The van der Waals surface area contributed by atoms with Crippen LogP contribution in [0.5, 0.6) is 0 Å². The van der Waals surface area contributed by atoms with Crippen molar-refractivity contribution in [2.45, 2.75) is 18.3 Å². The minimum Gasteiger partial charge on any atom is -0.339 e. The predicted octanol–water partition coefficient (Wildman–Crippen LogP) is 15.1. The number of allylic oxidation sites excluding steroid dienone is 2. The van der Waals surface area contributed by atoms with Crippen molar-refractivity contribution in [3.05, 3.63) is 247 Å². The fourth-order valence-electron chi connectivity index (χ4n) is 11.7. The van der Waals surface area contributed by atoms with E-state index in [9.17, 15) is 0 Å². The van der Waals surface area contributed by atoms with Crippen LogP contribution in [0.1, 0.15) is 23.2 Å². The fourth-order valence-corrected chi connectivity index (χ4v) is 11.7. The Morgan fingerprint density at radius 1 is 0.471 bits per heavy atom. The zero-order valence-electron chi connectivity index (χ0n) is 38.2. The summed E-state index contributed by atoms with van der Waals surface area (Å²) in [6.07, 6.45) is 6.36. The molecule has 1 unspecified atom stereocenters. The summed E-state index contributed by atoms with van der Waals surface area (Å²) >= 11 is 0. The van der Waals surface area contributed by atoms with E-state index in [1.807, 2.05) is 18.2 Å². The summed E-state index contributed by atoms with van der Waals surface area (Å²) in [4.78, 5) is 18.8. The van der Waals surface area contributed by atoms with Crippen molar-refractivity contribution in [1.82, 2.24) is 24.1 Å². The Morgan fingerprint density at radius 2 is 1.11 bits per heavy atom. The maximum atomic E-state index is 5.50. The standard InChI is InChI=1S/C63H45N7/c1-3-22-43(23-4-1)60-65-61(64-53-35-13-9-28-46(53)49-32-20-33-50-47-29-10-14-36-55(47)69(58(49)50)44-25-5-2-6-26-44)67-62(66-60)70-56-37-15-11-30-48(56)51-31-17-18-40-63(59(51)70)41-68(57-38-16-12-34-52(57)63)54-39-19-24-42-21-7-8-27-45(42)54/h1-30,32-39H,31,40-41H2,(H,64,65,66,67). The normalized spacial score (nSPS) is 15.2. The molecule has 0 bridgehead atoms. The topological polar surface area (TPSA) is 63.8 Å². The maximum absolute atomic E-state index is 5.50. The minimum atomic E-state index is -0.454. The van der Waals surface area contributed by atoms with Crippen molar-refractivity contribution < 1.29 is 0 Å². The van der Waals surface area contributed by atoms with Gasteiger partial charge in [0.1, 0.15) is 0 Å². The molecule has 12 aromatic rings. The molecular formula is C63H45N7. The van der Waals surface area contributed by atoms with E-state index in [-0.39, 0.29) is 0 Å². The molecule has 1 N–H and O–H groups in total. The second-order valence-corrected chi connectivity index (χ2v) is 18.5. The van der Waals surface area contributed by atoms with E-state index >= 15 is 0 Å². The van der Waals surface area contributed by atoms with Gasteiger partial charge in [-0.15, -0.1) is 0 Å². The van der Waals surface area contributed by atoms with Gasteiger partial charge in [-0.1, -0.05) is 188 Å². The van der Waals surface area contributed by atoms with E-state index in [2.05, 4.69) is 232 Å². The van der Waals surface area contributed by atoms with Crippen LogP contribution in [-0.2, 0) is 11.8 Å². The van der Waals surface area contributed by atoms with Crippen molar-refractivity contribution >= 4 is 66.5 Å². The zero-order valence-corrected chi connectivity index (χ0v) is 38.2. The largest absolute Gasteiger partial charge is 0.339 e. The van der Waals surface area contributed by atoms with Crippen LogP contribution in [0.25, 0.3) is 77.6 Å². The Bertz CT molecular complexity index is 4030. The van der Waals surface area contributed by atoms with Gasteiger partial charge in [0, 0.05) is 73.2 Å². The lowest BCUT2D eigenvalue weighted by atomic mass is 9.75. The summed E-state index contributed by atoms with van der Waals surface area (Å²) in [7, 11) is 0. The molecule has 1 atom stereocenters. The summed E-state index contributed by atoms with van der Waals surface area (Å²) in [6.45, 7) is 0.744. The first-order valence-electron chi connectivity index (χ1n) is 24.1. The molecule has 332 valence electrons. The van der Waals surface area contributed by atoms with Gasteiger partial charge < -0.3 is 14.8 Å². The number of fused-ring (bicyclic) bond motifs is 10. The third-order valence-electron chi connectivity index (χ3n) is 14.6. The molecule has 14 rings (SSSR count). The molecule has 0 saturated heterocycles. The number of aromatic nitrogens is 5. The molecule has 1 aliphatic heterocycles. The number of para-hydroxylation sites is 6. The quantitative estimate of drug-likeness (QED) is 0.161. The van der Waals surface area contributed by atoms with E-state index in [0.29, 0.717) is 17.7 Å². The first kappa shape index (κ1) is 40.0. The third-order valence-corrected chi connectivity index (χ3v) is 14.6. The number of rotatable bonds is 7. The molecule has 7 heteroatoms. The van der Waals surface area contributed by atoms with Gasteiger partial charge in [0.15, 0.2) is 5.82 Å². The molecule has 1 spiro atoms. The Kier molecular flexibility index (Phi) is 9.17. The van der Waals surface area contributed by atoms with Gasteiger partial charge in [-0.05, 0) is 71.8 Å². The average Bonchev–Trinajstić information content (AvgIpc) is 4.01. The van der Waals surface area contributed by atoms with Gasteiger partial charge in [0.2, 0.25) is 11.9 Å². The number of anilines is 4. The molecule has 0 fully saturated rings. The first-order valence-corrected chi connectivity index (χ1v) is 24.1. The molecule has 1 aliphatic carbocycles. The van der Waals surface area contributed by atoms with Crippen LogP contribution in [0.2, 0.25) is 0 Å². The number of hydrogen-bond donors (Lipinski definition) is 1. The number of nitrogens with zero attached hydrogens (tertiary/aromatic N) is 6. The number of benzene rings is 9. The van der Waals surface area contributed by atoms with Crippen LogP contribution in [-0.4, -0.2) is 30.6 Å². The van der Waals surface area contributed by atoms with Crippen LogP contribution >= 0.6 is 0 Å². The lowest BCUT2D eigenvalue weighted by Crippen LogP contribution is -2.35. The maximum Gasteiger partial charge on any atom is 0.239 e. The lowest BCUT2D eigenvalue weighted by molar-refractivity contribution is 0.532. The molecular weight excluding hydrogens is 855 g/mol. The van der Waals surface area contributed by atoms with E-state index in [1.165, 1.54) is 55.1 Å². The van der Waals surface area contributed by atoms with Crippen molar-refractivity contribution in [3.63, 3.8) is 0 Å². The summed E-state index contributed by atoms with van der Waals surface area (Å²) in [5.41, 5.74) is 14.2. The predicted molar refractivity (Wildman–Crippen MR) is 287 cm³/mol. The van der Waals surface area contributed by atoms with Crippen LogP contribution < -0.4 is 10.2 Å². The highest BCUT2D eigenvalue weighted by Gasteiger charge is 2.48. The zero-order chi connectivity index (χ0) is 46.2. The van der Waals surface area contributed by atoms with E-state index in [4.69, 9.17) is 15.0 Å². The lowest BCUT2D eigenvalue weighted by Gasteiger charge is -2.32. The summed E-state index contributed by atoms with van der Waals surface area (Å²) in [5.74, 6) is 1.62. The Labute approximate surface area is 405 Å². The first-order chi connectivity index (χ1) is 34.7. The number of hydrogen-bond acceptors (Lipinski definition) is 5. The van der Waals surface area contributed by atoms with Crippen molar-refractivity contribution in [1.29, 1.82) is 0 Å². The monoisotopic (exact) mass is 899 g/mol. The van der Waals surface area contributed by atoms with Gasteiger partial charge in [0.25, 0.3) is 0 Å². The smallest absolute Gasteiger partial charge is 0.239 e. The summed E-state index contributed by atoms with van der Waals surface area (Å²) < 4.78 is 4.76. The van der Waals surface area contributed by atoms with Gasteiger partial charge in [-0.3, -0.25) is 4.57 Å². The van der Waals surface area contributed by atoms with E-state index in [0.717, 1.165) is 64.0 Å². The SMILES string of the molecule is C1=CCC2(CN(c3cccc4ccccc34)c3ccccc32)c2c(c3ccccc3n2-c2nc(Nc3ccccc3-c3cccc4c5ccccc5n(-c5ccccc5)c34)nc(-c3ccccc3)n2)C1. The second kappa shape index (κ2) is 16.0. The highest BCUT2D eigenvalue weighted by atomic mass is 15.3. The molecule has 70 heavy (non-hydrogen) atoms. The third kappa shape index (κ3) is 6.18. The summed E-state index contributed by atoms with van der Waals surface area (Å²) in [6, 6.07) is 77.9. The van der Waals surface area contributed by atoms with E-state index in [1.54, 1.807) is 0 Å². The Balaban J connectivity index is 0.981. The fraction of sp³-hybridized carbons (Fsp3) is 0.0635. The summed E-state index contributed by atoms with van der Waals surface area (Å²) in [5, 5.41) is 9.86. The average molecular weight is 900 g/mol. The molecule has 0 amide bonds. The minimum absolute atomic E-state index is 0.454. The molecule has 3 aromatic heterocycles. The van der Waals surface area contributed by atoms with Crippen LogP contribution in [0.3, 0.4) is 0 Å². The van der Waals surface area contributed by atoms with Crippen molar-refractivity contribution in [2.24, 2.45) is 0 Å². The van der Waals surface area contributed by atoms with Gasteiger partial charge in [-0.2, -0.15) is 15.0 Å². The molecule has 0 saturated carbocycles. The van der Waals surface area contributed by atoms with E-state index < -0.39 is 5.41 Å². The highest BCUT2D eigenvalue weighted by Crippen LogP contribution is 2.54. The molecule has 9 aromatic carbocycles. The van der Waals surface area contributed by atoms with Gasteiger partial charge >= 0.3 is 0 Å². The van der Waals surface area contributed by atoms with Crippen molar-refractivity contribution in [2.75, 3.05) is 16.8 Å². The second-order valence-electron chi connectivity index (χ2n) is 18.5. The molecule has 7 nitrogen and oxygen atoms in total. The molecule has 2 aliphatic rings. The van der Waals surface area contributed by atoms with Crippen molar-refractivity contribution in [3.8, 4) is 34.2 Å². The Morgan fingerprint density at radius 3 is 1.99 bits per heavy atom. The molecule has 4 heterocycles. The van der Waals surface area contributed by atoms with Gasteiger partial charge in [0.05, 0.1) is 22.0 Å². The highest BCUT2D eigenvalue weighted by molar-refractivity contribution is 6.14. The molecule has 0 radical (unpaired) electrons.